The summed E-state index contributed by atoms with van der Waals surface area (Å²) in [5.41, 5.74) is 1.09. The van der Waals surface area contributed by atoms with Crippen LogP contribution in [0.1, 0.15) is 15.9 Å². The molecule has 2 aromatic rings. The zero-order valence-corrected chi connectivity index (χ0v) is 12.2. The summed E-state index contributed by atoms with van der Waals surface area (Å²) in [6.07, 6.45) is 1.96. The number of hydrogen-bond donors (Lipinski definition) is 1. The topological polar surface area (TPSA) is 63.1 Å². The number of carboxylic acid groups (broad SMARTS) is 1. The fraction of sp³-hybridized carbons (Fsp3) is 0.182. The number of aromatic nitrogens is 2. The molecule has 0 saturated carbocycles. The smallest absolute Gasteiger partial charge is 0.335 e. The second kappa shape index (κ2) is 5.73. The highest BCUT2D eigenvalue weighted by Gasteiger charge is 2.09. The van der Waals surface area contributed by atoms with Gasteiger partial charge >= 0.3 is 5.97 Å². The molecule has 1 heterocycles. The minimum absolute atomic E-state index is 0.335. The van der Waals surface area contributed by atoms with Crippen molar-refractivity contribution in [1.82, 2.24) is 10.2 Å². The summed E-state index contributed by atoms with van der Waals surface area (Å²) in [7, 11) is 0. The van der Waals surface area contributed by atoms with Gasteiger partial charge in [0.25, 0.3) is 0 Å². The highest BCUT2D eigenvalue weighted by molar-refractivity contribution is 8.03. The van der Waals surface area contributed by atoms with E-state index in [0.717, 1.165) is 19.1 Å². The molecule has 1 aromatic heterocycles. The Hall–Kier alpha value is -1.05. The van der Waals surface area contributed by atoms with Crippen molar-refractivity contribution in [3.05, 3.63) is 29.3 Å². The average molecular weight is 298 g/mol. The van der Waals surface area contributed by atoms with E-state index in [2.05, 4.69) is 10.2 Å². The Kier molecular flexibility index (Phi) is 4.26. The third-order valence-electron chi connectivity index (χ3n) is 2.20. The van der Waals surface area contributed by atoms with E-state index in [1.165, 1.54) is 23.1 Å². The van der Waals surface area contributed by atoms with Crippen LogP contribution in [0.3, 0.4) is 0 Å². The third kappa shape index (κ3) is 3.04. The van der Waals surface area contributed by atoms with Crippen molar-refractivity contribution in [3.8, 4) is 0 Å². The number of benzene rings is 1. The van der Waals surface area contributed by atoms with Gasteiger partial charge in [-0.2, -0.15) is 0 Å². The summed E-state index contributed by atoms with van der Waals surface area (Å²) >= 11 is 4.59. The van der Waals surface area contributed by atoms with E-state index in [9.17, 15) is 4.79 Å². The third-order valence-corrected chi connectivity index (χ3v) is 5.14. The molecule has 0 saturated heterocycles. The molecule has 94 valence electrons. The maximum Gasteiger partial charge on any atom is 0.335 e. The maximum atomic E-state index is 10.9. The molecule has 0 fully saturated rings. The number of carbonyl (C=O) groups is 1. The zero-order valence-electron chi connectivity index (χ0n) is 9.71. The minimum atomic E-state index is -0.898. The van der Waals surface area contributed by atoms with Gasteiger partial charge in [-0.3, -0.25) is 0 Å². The normalized spacial score (nSPS) is 10.6. The number of nitrogens with zero attached hydrogens (tertiary/aromatic N) is 2. The van der Waals surface area contributed by atoms with E-state index >= 15 is 0 Å². The molecule has 0 radical (unpaired) electrons. The number of carboxylic acids is 1. The van der Waals surface area contributed by atoms with Crippen molar-refractivity contribution in [2.75, 3.05) is 6.26 Å². The van der Waals surface area contributed by atoms with Crippen LogP contribution in [-0.2, 0) is 0 Å². The Bertz CT molecular complexity index is 583. The first kappa shape index (κ1) is 13.4. The molecule has 2 rings (SSSR count). The molecule has 0 spiro atoms. The highest BCUT2D eigenvalue weighted by atomic mass is 32.2. The van der Waals surface area contributed by atoms with E-state index in [1.54, 1.807) is 30.8 Å². The second-order valence-electron chi connectivity index (χ2n) is 3.42. The lowest BCUT2D eigenvalue weighted by Gasteiger charge is -2.03. The summed E-state index contributed by atoms with van der Waals surface area (Å²) in [5.74, 6) is -0.898. The Morgan fingerprint density at radius 3 is 2.61 bits per heavy atom. The molecule has 1 aromatic carbocycles. The van der Waals surface area contributed by atoms with Crippen LogP contribution in [0.4, 0.5) is 0 Å². The first-order chi connectivity index (χ1) is 8.60. The molecule has 0 atom stereocenters. The molecule has 4 nitrogen and oxygen atoms in total. The SMILES string of the molecule is CSc1nnc(Sc2ccc(C(=O)O)c(C)c2)s1. The fourth-order valence-corrected chi connectivity index (χ4v) is 3.87. The molecule has 0 aliphatic rings. The van der Waals surface area contributed by atoms with Gasteiger partial charge < -0.3 is 5.11 Å². The summed E-state index contributed by atoms with van der Waals surface area (Å²) in [5, 5.41) is 17.0. The van der Waals surface area contributed by atoms with Crippen LogP contribution in [0.25, 0.3) is 0 Å². The molecule has 1 N–H and O–H groups in total. The first-order valence-corrected chi connectivity index (χ1v) is 7.85. The first-order valence-electron chi connectivity index (χ1n) is 4.99. The van der Waals surface area contributed by atoms with Gasteiger partial charge in [0, 0.05) is 4.90 Å². The predicted octanol–water partition coefficient (Wildman–Crippen LogP) is 3.42. The van der Waals surface area contributed by atoms with Crippen LogP contribution in [-0.4, -0.2) is 27.5 Å². The van der Waals surface area contributed by atoms with Crippen LogP contribution in [0.15, 0.2) is 31.8 Å². The minimum Gasteiger partial charge on any atom is -0.478 e. The number of hydrogen-bond acceptors (Lipinski definition) is 6. The Morgan fingerprint density at radius 2 is 2.06 bits per heavy atom. The van der Waals surface area contributed by atoms with Gasteiger partial charge in [-0.1, -0.05) is 34.9 Å². The van der Waals surface area contributed by atoms with Crippen molar-refractivity contribution in [1.29, 1.82) is 0 Å². The molecule has 0 aliphatic heterocycles. The summed E-state index contributed by atoms with van der Waals surface area (Å²) in [6.45, 7) is 1.79. The average Bonchev–Trinajstić information content (AvgIpc) is 2.76. The monoisotopic (exact) mass is 298 g/mol. The largest absolute Gasteiger partial charge is 0.478 e. The van der Waals surface area contributed by atoms with Crippen LogP contribution >= 0.6 is 34.9 Å². The van der Waals surface area contributed by atoms with E-state index in [1.807, 2.05) is 12.3 Å². The van der Waals surface area contributed by atoms with Crippen molar-refractivity contribution in [2.45, 2.75) is 20.5 Å². The summed E-state index contributed by atoms with van der Waals surface area (Å²) < 4.78 is 1.79. The number of aryl methyl sites for hydroxylation is 1. The van der Waals surface area contributed by atoms with Gasteiger partial charge in [-0.25, -0.2) is 4.79 Å². The van der Waals surface area contributed by atoms with Crippen molar-refractivity contribution < 1.29 is 9.90 Å². The molecular weight excluding hydrogens is 288 g/mol. The quantitative estimate of drug-likeness (QED) is 0.873. The number of aromatic carboxylic acids is 1. The Balaban J connectivity index is 2.19. The van der Waals surface area contributed by atoms with Crippen LogP contribution in [0, 0.1) is 6.92 Å². The van der Waals surface area contributed by atoms with E-state index in [0.29, 0.717) is 5.56 Å². The maximum absolute atomic E-state index is 10.9. The zero-order chi connectivity index (χ0) is 13.1. The lowest BCUT2D eigenvalue weighted by Crippen LogP contribution is -1.98. The van der Waals surface area contributed by atoms with Crippen LogP contribution in [0.2, 0.25) is 0 Å². The highest BCUT2D eigenvalue weighted by Crippen LogP contribution is 2.33. The molecule has 0 amide bonds. The molecule has 0 aliphatic carbocycles. The summed E-state index contributed by atoms with van der Waals surface area (Å²) in [6, 6.07) is 5.27. The molecular formula is C11H10N2O2S3. The molecule has 7 heteroatoms. The van der Waals surface area contributed by atoms with Crippen molar-refractivity contribution in [2.24, 2.45) is 0 Å². The van der Waals surface area contributed by atoms with Crippen LogP contribution in [0.5, 0.6) is 0 Å². The van der Waals surface area contributed by atoms with Gasteiger partial charge in [-0.05, 0) is 36.9 Å². The lowest BCUT2D eigenvalue weighted by molar-refractivity contribution is 0.0696. The van der Waals surface area contributed by atoms with Crippen molar-refractivity contribution in [3.63, 3.8) is 0 Å². The molecule has 18 heavy (non-hydrogen) atoms. The molecule has 0 unspecified atom stereocenters. The van der Waals surface area contributed by atoms with Gasteiger partial charge in [0.2, 0.25) is 0 Å². The van der Waals surface area contributed by atoms with Gasteiger partial charge in [0.1, 0.15) is 0 Å². The standard InChI is InChI=1S/C11H10N2O2S3/c1-6-5-7(3-4-8(6)9(14)15)17-11-13-12-10(16-2)18-11/h3-5H,1-2H3,(H,14,15). The van der Waals surface area contributed by atoms with Crippen molar-refractivity contribution >= 4 is 40.8 Å². The Morgan fingerprint density at radius 1 is 1.33 bits per heavy atom. The van der Waals surface area contributed by atoms with Gasteiger partial charge in [0.15, 0.2) is 8.68 Å². The predicted molar refractivity (Wildman–Crippen MR) is 74.0 cm³/mol. The Labute approximate surface area is 117 Å². The van der Waals surface area contributed by atoms with Crippen LogP contribution < -0.4 is 0 Å². The lowest BCUT2D eigenvalue weighted by atomic mass is 10.1. The van der Waals surface area contributed by atoms with E-state index in [-0.39, 0.29) is 0 Å². The number of rotatable bonds is 4. The summed E-state index contributed by atoms with van der Waals surface area (Å²) in [4.78, 5) is 11.9. The van der Waals surface area contributed by atoms with E-state index in [4.69, 9.17) is 5.11 Å². The fourth-order valence-electron chi connectivity index (χ4n) is 1.36. The van der Waals surface area contributed by atoms with Gasteiger partial charge in [0.05, 0.1) is 5.56 Å². The van der Waals surface area contributed by atoms with E-state index < -0.39 is 5.97 Å². The molecule has 0 bridgehead atoms. The second-order valence-corrected chi connectivity index (χ2v) is 6.77. The number of thioether (sulfide) groups is 1. The van der Waals surface area contributed by atoms with Gasteiger partial charge in [-0.15, -0.1) is 10.2 Å².